The smallest absolute Gasteiger partial charge is 0.311 e. The molecule has 0 fully saturated rings. The number of rotatable bonds is 17. The summed E-state index contributed by atoms with van der Waals surface area (Å²) >= 11 is 0. The summed E-state index contributed by atoms with van der Waals surface area (Å²) in [4.78, 5) is 12.8. The van der Waals surface area contributed by atoms with Gasteiger partial charge in [-0.3, -0.25) is 4.79 Å². The van der Waals surface area contributed by atoms with Crippen molar-refractivity contribution in [3.63, 3.8) is 0 Å². The molecule has 41 heavy (non-hydrogen) atoms. The van der Waals surface area contributed by atoms with E-state index in [-0.39, 0.29) is 12.1 Å². The van der Waals surface area contributed by atoms with Crippen LogP contribution in [-0.4, -0.2) is 12.6 Å². The molecule has 1 aliphatic heterocycles. The molecule has 0 radical (unpaired) electrons. The average Bonchev–Trinajstić information content (AvgIpc) is 2.99. The minimum atomic E-state index is -0.224. The number of fused-ring (bicyclic) bond motifs is 1. The highest BCUT2D eigenvalue weighted by Gasteiger charge is 2.26. The Morgan fingerprint density at radius 2 is 1.51 bits per heavy atom. The van der Waals surface area contributed by atoms with E-state index in [2.05, 4.69) is 25.1 Å². The maximum atomic E-state index is 12.8. The minimum absolute atomic E-state index is 0.198. The van der Waals surface area contributed by atoms with Gasteiger partial charge in [0.1, 0.15) is 35.7 Å². The van der Waals surface area contributed by atoms with Gasteiger partial charge in [-0.1, -0.05) is 94.7 Å². The summed E-state index contributed by atoms with van der Waals surface area (Å²) in [5.41, 5.74) is 3.14. The SMILES string of the molecule is CCCCCCCCCCCC(=O)Oc1cc(OCC)ccc1C1CCc2ccc(OCc3ccccc3)cc2O1. The van der Waals surface area contributed by atoms with Crippen LogP contribution in [0, 0.1) is 0 Å². The first kappa shape index (κ1) is 30.5. The van der Waals surface area contributed by atoms with Crippen molar-refractivity contribution in [3.05, 3.63) is 83.4 Å². The second kappa shape index (κ2) is 16.7. The maximum Gasteiger partial charge on any atom is 0.311 e. The fourth-order valence-electron chi connectivity index (χ4n) is 5.28. The molecular formula is C36H46O5. The van der Waals surface area contributed by atoms with Gasteiger partial charge in [-0.05, 0) is 55.5 Å². The van der Waals surface area contributed by atoms with Gasteiger partial charge < -0.3 is 18.9 Å². The Labute approximate surface area is 246 Å². The zero-order valence-corrected chi connectivity index (χ0v) is 24.9. The van der Waals surface area contributed by atoms with Crippen LogP contribution in [0.3, 0.4) is 0 Å². The maximum absolute atomic E-state index is 12.8. The van der Waals surface area contributed by atoms with Crippen molar-refractivity contribution < 1.29 is 23.7 Å². The molecular weight excluding hydrogens is 512 g/mol. The Morgan fingerprint density at radius 1 is 0.805 bits per heavy atom. The largest absolute Gasteiger partial charge is 0.494 e. The molecule has 5 heteroatoms. The predicted molar refractivity (Wildman–Crippen MR) is 164 cm³/mol. The fraction of sp³-hybridized carbons (Fsp3) is 0.472. The number of aryl methyl sites for hydroxylation is 1. The van der Waals surface area contributed by atoms with Crippen molar-refractivity contribution in [3.8, 4) is 23.0 Å². The van der Waals surface area contributed by atoms with E-state index in [0.717, 1.165) is 53.9 Å². The summed E-state index contributed by atoms with van der Waals surface area (Å²) in [6.45, 7) is 5.24. The molecule has 4 rings (SSSR count). The van der Waals surface area contributed by atoms with Gasteiger partial charge in [0.2, 0.25) is 0 Å². The molecule has 1 heterocycles. The second-order valence-electron chi connectivity index (χ2n) is 10.9. The molecule has 0 saturated carbocycles. The molecule has 1 aliphatic rings. The molecule has 0 aliphatic carbocycles. The number of benzene rings is 3. The highest BCUT2D eigenvalue weighted by molar-refractivity contribution is 5.73. The van der Waals surface area contributed by atoms with E-state index < -0.39 is 0 Å². The first-order valence-corrected chi connectivity index (χ1v) is 15.6. The predicted octanol–water partition coefficient (Wildman–Crippen LogP) is 9.56. The lowest BCUT2D eigenvalue weighted by Gasteiger charge is -2.28. The third kappa shape index (κ3) is 9.84. The summed E-state index contributed by atoms with van der Waals surface area (Å²) in [6.07, 6.45) is 12.8. The van der Waals surface area contributed by atoms with Gasteiger partial charge in [0.05, 0.1) is 6.61 Å². The van der Waals surface area contributed by atoms with E-state index in [0.29, 0.717) is 31.1 Å². The lowest BCUT2D eigenvalue weighted by Crippen LogP contribution is -2.18. The number of carbonyl (C=O) groups is 1. The summed E-state index contributed by atoms with van der Waals surface area (Å²) in [7, 11) is 0. The van der Waals surface area contributed by atoms with E-state index >= 15 is 0 Å². The van der Waals surface area contributed by atoms with Crippen LogP contribution in [0.15, 0.2) is 66.7 Å². The fourth-order valence-corrected chi connectivity index (χ4v) is 5.28. The monoisotopic (exact) mass is 558 g/mol. The molecule has 0 saturated heterocycles. The van der Waals surface area contributed by atoms with Gasteiger partial charge in [-0.2, -0.15) is 0 Å². The Kier molecular flexibility index (Phi) is 12.4. The van der Waals surface area contributed by atoms with Crippen molar-refractivity contribution in [2.45, 2.75) is 104 Å². The number of hydrogen-bond donors (Lipinski definition) is 0. The minimum Gasteiger partial charge on any atom is -0.494 e. The van der Waals surface area contributed by atoms with Crippen molar-refractivity contribution in [1.29, 1.82) is 0 Å². The molecule has 220 valence electrons. The summed E-state index contributed by atoms with van der Waals surface area (Å²) in [6, 6.07) is 21.9. The van der Waals surface area contributed by atoms with Gasteiger partial charge in [0.15, 0.2) is 0 Å². The number of carbonyl (C=O) groups excluding carboxylic acids is 1. The first-order valence-electron chi connectivity index (χ1n) is 15.6. The van der Waals surface area contributed by atoms with Crippen molar-refractivity contribution in [2.75, 3.05) is 6.61 Å². The number of unbranched alkanes of at least 4 members (excludes halogenated alkanes) is 8. The van der Waals surface area contributed by atoms with Crippen LogP contribution < -0.4 is 18.9 Å². The third-order valence-electron chi connectivity index (χ3n) is 7.58. The van der Waals surface area contributed by atoms with E-state index in [1.165, 1.54) is 44.9 Å². The van der Waals surface area contributed by atoms with Gasteiger partial charge in [-0.15, -0.1) is 0 Å². The average molecular weight is 559 g/mol. The molecule has 1 atom stereocenters. The Hall–Kier alpha value is -3.47. The molecule has 0 amide bonds. The van der Waals surface area contributed by atoms with E-state index in [4.69, 9.17) is 18.9 Å². The highest BCUT2D eigenvalue weighted by atomic mass is 16.5. The molecule has 1 unspecified atom stereocenters. The molecule has 0 bridgehead atoms. The van der Waals surface area contributed by atoms with E-state index in [9.17, 15) is 4.79 Å². The van der Waals surface area contributed by atoms with Gasteiger partial charge in [0.25, 0.3) is 0 Å². The Bertz CT molecular complexity index is 1210. The van der Waals surface area contributed by atoms with Crippen LogP contribution in [0.2, 0.25) is 0 Å². The molecule has 0 spiro atoms. The van der Waals surface area contributed by atoms with Crippen LogP contribution in [0.4, 0.5) is 0 Å². The van der Waals surface area contributed by atoms with Gasteiger partial charge >= 0.3 is 5.97 Å². The topological polar surface area (TPSA) is 54.0 Å². The molecule has 0 N–H and O–H groups in total. The Balaban J connectivity index is 1.34. The van der Waals surface area contributed by atoms with Crippen LogP contribution in [-0.2, 0) is 17.8 Å². The normalized spacial score (nSPS) is 14.1. The first-order chi connectivity index (χ1) is 20.2. The van der Waals surface area contributed by atoms with Gasteiger partial charge in [0, 0.05) is 24.1 Å². The number of esters is 1. The Morgan fingerprint density at radius 3 is 2.27 bits per heavy atom. The third-order valence-corrected chi connectivity index (χ3v) is 7.58. The lowest BCUT2D eigenvalue weighted by atomic mass is 9.96. The lowest BCUT2D eigenvalue weighted by molar-refractivity contribution is -0.134. The van der Waals surface area contributed by atoms with E-state index in [1.54, 1.807) is 0 Å². The highest BCUT2D eigenvalue weighted by Crippen LogP contribution is 2.41. The van der Waals surface area contributed by atoms with Gasteiger partial charge in [-0.25, -0.2) is 0 Å². The van der Waals surface area contributed by atoms with Crippen LogP contribution in [0.1, 0.15) is 107 Å². The molecule has 5 nitrogen and oxygen atoms in total. The standard InChI is InChI=1S/C36H46O5/c1-3-5-6-7-8-9-10-11-15-18-36(37)41-35-26-30(38-4-2)22-23-32(35)33-24-20-29-19-21-31(25-34(29)40-33)39-27-28-16-13-12-14-17-28/h12-14,16-17,19,21-23,25-26,33H,3-11,15,18,20,24,27H2,1-2H3. The summed E-state index contributed by atoms with van der Waals surface area (Å²) < 4.78 is 24.2. The quantitative estimate of drug-likeness (QED) is 0.0938. The van der Waals surface area contributed by atoms with Crippen molar-refractivity contribution in [2.24, 2.45) is 0 Å². The molecule has 3 aromatic rings. The van der Waals surface area contributed by atoms with Crippen molar-refractivity contribution in [1.82, 2.24) is 0 Å². The second-order valence-corrected chi connectivity index (χ2v) is 10.9. The molecule has 0 aromatic heterocycles. The summed E-state index contributed by atoms with van der Waals surface area (Å²) in [5, 5.41) is 0. The molecule has 3 aromatic carbocycles. The van der Waals surface area contributed by atoms with Crippen LogP contribution in [0.25, 0.3) is 0 Å². The van der Waals surface area contributed by atoms with Crippen molar-refractivity contribution >= 4 is 5.97 Å². The number of hydrogen-bond acceptors (Lipinski definition) is 5. The zero-order valence-electron chi connectivity index (χ0n) is 24.9. The zero-order chi connectivity index (χ0) is 28.7. The van der Waals surface area contributed by atoms with Crippen LogP contribution >= 0.6 is 0 Å². The van der Waals surface area contributed by atoms with E-state index in [1.807, 2.05) is 55.5 Å². The summed E-state index contributed by atoms with van der Waals surface area (Å²) in [5.74, 6) is 2.60. The van der Waals surface area contributed by atoms with Crippen LogP contribution in [0.5, 0.6) is 23.0 Å². The number of ether oxygens (including phenoxy) is 4.